The van der Waals surface area contributed by atoms with Crippen molar-refractivity contribution in [3.05, 3.63) is 45.5 Å². The van der Waals surface area contributed by atoms with Crippen LogP contribution in [0.5, 0.6) is 11.5 Å². The maximum absolute atomic E-state index is 12.6. The van der Waals surface area contributed by atoms with Crippen LogP contribution in [0.4, 0.5) is 0 Å². The van der Waals surface area contributed by atoms with Gasteiger partial charge in [-0.15, -0.1) is 0 Å². The molecule has 1 aliphatic heterocycles. The van der Waals surface area contributed by atoms with Gasteiger partial charge in [-0.2, -0.15) is 0 Å². The summed E-state index contributed by atoms with van der Waals surface area (Å²) in [5.74, 6) is 1.57. The van der Waals surface area contributed by atoms with Gasteiger partial charge in [0.05, 0.1) is 13.7 Å². The van der Waals surface area contributed by atoms with Crippen molar-refractivity contribution in [1.82, 2.24) is 9.80 Å². The maximum Gasteiger partial charge on any atom is 0.224 e. The Morgan fingerprint density at radius 2 is 1.97 bits per heavy atom. The fourth-order valence-corrected chi connectivity index (χ4v) is 6.14. The molecular formula is C25H35ClN2O3S. The van der Waals surface area contributed by atoms with Crippen molar-refractivity contribution >= 4 is 29.3 Å². The van der Waals surface area contributed by atoms with Crippen molar-refractivity contribution < 1.29 is 14.3 Å². The third-order valence-corrected chi connectivity index (χ3v) is 7.50. The van der Waals surface area contributed by atoms with Crippen molar-refractivity contribution in [2.45, 2.75) is 71.3 Å². The number of thioether (sulfide) groups is 1. The van der Waals surface area contributed by atoms with Gasteiger partial charge in [-0.3, -0.25) is 14.6 Å². The monoisotopic (exact) mass is 478 g/mol. The smallest absolute Gasteiger partial charge is 0.224 e. The lowest BCUT2D eigenvalue weighted by Gasteiger charge is -2.30. The highest BCUT2D eigenvalue weighted by atomic mass is 35.5. The van der Waals surface area contributed by atoms with Crippen LogP contribution in [0.25, 0.3) is 0 Å². The molecular weight excluding hydrogens is 444 g/mol. The van der Waals surface area contributed by atoms with Crippen molar-refractivity contribution in [1.29, 1.82) is 0 Å². The highest BCUT2D eigenvalue weighted by Crippen LogP contribution is 2.54. The summed E-state index contributed by atoms with van der Waals surface area (Å²) in [4.78, 5) is 18.1. The van der Waals surface area contributed by atoms with Crippen LogP contribution in [0.3, 0.4) is 0 Å². The molecule has 1 aromatic carbocycles. The van der Waals surface area contributed by atoms with Crippen LogP contribution in [0.15, 0.2) is 39.9 Å². The SMILES string of the molecule is COc1ccc(OCCCN(C(C)C)C(C)C)c(C2SC3=C(CCC(Cl)=C3)N2C(C)=O)c1. The minimum Gasteiger partial charge on any atom is -0.497 e. The molecule has 7 heteroatoms. The van der Waals surface area contributed by atoms with Crippen LogP contribution in [0.2, 0.25) is 0 Å². The molecule has 1 aromatic rings. The van der Waals surface area contributed by atoms with Gasteiger partial charge in [-0.1, -0.05) is 23.4 Å². The molecule has 1 atom stereocenters. The Kier molecular flexibility index (Phi) is 8.59. The summed E-state index contributed by atoms with van der Waals surface area (Å²) < 4.78 is 11.8. The lowest BCUT2D eigenvalue weighted by Crippen LogP contribution is -2.38. The molecule has 2 aliphatic rings. The lowest BCUT2D eigenvalue weighted by molar-refractivity contribution is -0.127. The maximum atomic E-state index is 12.6. The van der Waals surface area contributed by atoms with Gasteiger partial charge in [0.15, 0.2) is 0 Å². The standard InChI is InChI=1S/C25H35ClN2O3S/c1-16(2)27(17(3)4)12-7-13-31-23-11-9-20(30-6)15-21(23)25-28(18(5)29)22-10-8-19(26)14-24(22)32-25/h9,11,14-17,25H,7-8,10,12-13H2,1-6H3. The average Bonchev–Trinajstić information content (AvgIpc) is 3.11. The van der Waals surface area contributed by atoms with Gasteiger partial charge in [0.1, 0.15) is 16.9 Å². The number of allylic oxidation sites excluding steroid dienone is 3. The van der Waals surface area contributed by atoms with E-state index in [9.17, 15) is 4.79 Å². The van der Waals surface area contributed by atoms with Crippen molar-refractivity contribution in [2.24, 2.45) is 0 Å². The predicted molar refractivity (Wildman–Crippen MR) is 133 cm³/mol. The van der Waals surface area contributed by atoms with Gasteiger partial charge >= 0.3 is 0 Å². The number of benzene rings is 1. The molecule has 5 nitrogen and oxygen atoms in total. The molecule has 176 valence electrons. The van der Waals surface area contributed by atoms with E-state index in [-0.39, 0.29) is 11.3 Å². The van der Waals surface area contributed by atoms with Crippen molar-refractivity contribution in [3.8, 4) is 11.5 Å². The summed E-state index contributed by atoms with van der Waals surface area (Å²) in [5, 5.41) is 0.645. The molecule has 0 aromatic heterocycles. The number of amides is 1. The average molecular weight is 479 g/mol. The molecule has 1 heterocycles. The molecule has 3 rings (SSSR count). The first kappa shape index (κ1) is 25.0. The minimum absolute atomic E-state index is 0.0252. The van der Waals surface area contributed by atoms with Crippen LogP contribution in [-0.2, 0) is 4.79 Å². The van der Waals surface area contributed by atoms with Crippen LogP contribution >= 0.6 is 23.4 Å². The summed E-state index contributed by atoms with van der Waals surface area (Å²) in [6.07, 6.45) is 4.46. The molecule has 0 saturated heterocycles. The lowest BCUT2D eigenvalue weighted by atomic mass is 10.1. The topological polar surface area (TPSA) is 42.0 Å². The highest BCUT2D eigenvalue weighted by molar-refractivity contribution is 8.03. The fourth-order valence-electron chi connectivity index (χ4n) is 4.39. The molecule has 0 radical (unpaired) electrons. The normalized spacial score (nSPS) is 18.5. The number of nitrogens with zero attached hydrogens (tertiary/aromatic N) is 2. The predicted octanol–water partition coefficient (Wildman–Crippen LogP) is 6.30. The molecule has 0 N–H and O–H groups in total. The zero-order valence-corrected chi connectivity index (χ0v) is 21.6. The Balaban J connectivity index is 1.80. The summed E-state index contributed by atoms with van der Waals surface area (Å²) in [6, 6.07) is 6.86. The van der Waals surface area contributed by atoms with E-state index in [1.54, 1.807) is 25.8 Å². The Labute approximate surface area is 201 Å². The number of ether oxygens (including phenoxy) is 2. The van der Waals surface area contributed by atoms with Crippen molar-refractivity contribution in [2.75, 3.05) is 20.3 Å². The first-order valence-electron chi connectivity index (χ1n) is 11.3. The first-order valence-corrected chi connectivity index (χ1v) is 12.6. The first-order chi connectivity index (χ1) is 15.2. The summed E-state index contributed by atoms with van der Waals surface area (Å²) in [5.41, 5.74) is 2.00. The zero-order valence-electron chi connectivity index (χ0n) is 20.0. The van der Waals surface area contributed by atoms with E-state index in [4.69, 9.17) is 21.1 Å². The summed E-state index contributed by atoms with van der Waals surface area (Å²) in [6.45, 7) is 12.1. The number of carbonyl (C=O) groups excluding carboxylic acids is 1. The zero-order chi connectivity index (χ0) is 23.4. The van der Waals surface area contributed by atoms with Crippen LogP contribution in [-0.4, -0.2) is 48.1 Å². The third-order valence-electron chi connectivity index (χ3n) is 5.90. The Bertz CT molecular complexity index is 889. The quantitative estimate of drug-likeness (QED) is 0.389. The van der Waals surface area contributed by atoms with E-state index in [1.165, 1.54) is 0 Å². The van der Waals surface area contributed by atoms with E-state index in [0.717, 1.165) is 58.5 Å². The highest BCUT2D eigenvalue weighted by Gasteiger charge is 2.38. The Hall–Kier alpha value is -1.63. The molecule has 1 aliphatic carbocycles. The van der Waals surface area contributed by atoms with E-state index in [0.29, 0.717) is 18.7 Å². The third kappa shape index (κ3) is 5.64. The van der Waals surface area contributed by atoms with E-state index < -0.39 is 0 Å². The van der Waals surface area contributed by atoms with Crippen LogP contribution < -0.4 is 9.47 Å². The molecule has 0 fully saturated rings. The summed E-state index contributed by atoms with van der Waals surface area (Å²) in [7, 11) is 1.66. The molecule has 0 saturated carbocycles. The number of rotatable bonds is 9. The van der Waals surface area contributed by atoms with E-state index in [1.807, 2.05) is 29.2 Å². The van der Waals surface area contributed by atoms with Gasteiger partial charge in [-0.25, -0.2) is 0 Å². The second kappa shape index (κ2) is 11.0. The van der Waals surface area contributed by atoms with Gasteiger partial charge in [0.2, 0.25) is 5.91 Å². The number of hydrogen-bond donors (Lipinski definition) is 0. The summed E-state index contributed by atoms with van der Waals surface area (Å²) >= 11 is 7.95. The minimum atomic E-state index is -0.191. The molecule has 0 bridgehead atoms. The number of halogens is 1. The fraction of sp³-hybridized carbons (Fsp3) is 0.560. The Morgan fingerprint density at radius 1 is 1.25 bits per heavy atom. The second-order valence-electron chi connectivity index (χ2n) is 8.79. The van der Waals surface area contributed by atoms with Gasteiger partial charge in [0, 0.05) is 46.8 Å². The van der Waals surface area contributed by atoms with Gasteiger partial charge in [0.25, 0.3) is 0 Å². The Morgan fingerprint density at radius 3 is 2.59 bits per heavy atom. The number of hydrogen-bond acceptors (Lipinski definition) is 5. The van der Waals surface area contributed by atoms with Crippen LogP contribution in [0, 0.1) is 0 Å². The molecule has 32 heavy (non-hydrogen) atoms. The van der Waals surface area contributed by atoms with Crippen molar-refractivity contribution in [3.63, 3.8) is 0 Å². The van der Waals surface area contributed by atoms with Gasteiger partial charge in [-0.05, 0) is 71.2 Å². The van der Waals surface area contributed by atoms with Gasteiger partial charge < -0.3 is 9.47 Å². The number of methoxy groups -OCH3 is 1. The molecule has 1 amide bonds. The second-order valence-corrected chi connectivity index (χ2v) is 10.4. The van der Waals surface area contributed by atoms with E-state index >= 15 is 0 Å². The molecule has 1 unspecified atom stereocenters. The number of carbonyl (C=O) groups is 1. The largest absolute Gasteiger partial charge is 0.497 e. The van der Waals surface area contributed by atoms with E-state index in [2.05, 4.69) is 32.6 Å². The van der Waals surface area contributed by atoms with Crippen LogP contribution in [0.1, 0.15) is 64.8 Å². The molecule has 0 spiro atoms.